The van der Waals surface area contributed by atoms with Crippen molar-refractivity contribution in [3.63, 3.8) is 0 Å². The molecular formula is C21H20ClN3O2. The molecule has 0 radical (unpaired) electrons. The van der Waals surface area contributed by atoms with Gasteiger partial charge in [-0.2, -0.15) is 0 Å². The number of hydrogen-bond acceptors (Lipinski definition) is 3. The molecule has 0 unspecified atom stereocenters. The summed E-state index contributed by atoms with van der Waals surface area (Å²) in [5.74, 6) is -0.793. The summed E-state index contributed by atoms with van der Waals surface area (Å²) in [6.45, 7) is 3.74. The maximum absolute atomic E-state index is 12.8. The number of para-hydroxylation sites is 1. The van der Waals surface area contributed by atoms with E-state index in [-0.39, 0.29) is 17.7 Å². The van der Waals surface area contributed by atoms with Crippen LogP contribution in [0.4, 0.5) is 5.69 Å². The second-order valence-electron chi connectivity index (χ2n) is 6.58. The van der Waals surface area contributed by atoms with Crippen LogP contribution in [-0.4, -0.2) is 22.8 Å². The first-order chi connectivity index (χ1) is 13.0. The van der Waals surface area contributed by atoms with Gasteiger partial charge in [-0.3, -0.25) is 14.6 Å². The number of nitrogens with zero attached hydrogens (tertiary/aromatic N) is 1. The Morgan fingerprint density at radius 2 is 1.74 bits per heavy atom. The number of carbonyl (C=O) groups excluding carboxylic acids is 2. The number of halogens is 1. The zero-order valence-corrected chi connectivity index (χ0v) is 15.8. The Labute approximate surface area is 162 Å². The van der Waals surface area contributed by atoms with Crippen LogP contribution in [0.5, 0.6) is 0 Å². The van der Waals surface area contributed by atoms with E-state index in [4.69, 9.17) is 11.6 Å². The van der Waals surface area contributed by atoms with E-state index in [9.17, 15) is 9.59 Å². The minimum absolute atomic E-state index is 0.107. The van der Waals surface area contributed by atoms with Crippen LogP contribution in [0, 0.1) is 5.92 Å². The highest BCUT2D eigenvalue weighted by Crippen LogP contribution is 2.18. The van der Waals surface area contributed by atoms with Gasteiger partial charge in [0.2, 0.25) is 5.91 Å². The van der Waals surface area contributed by atoms with E-state index in [2.05, 4.69) is 15.6 Å². The molecule has 3 aromatic rings. The molecule has 1 aromatic heterocycles. The predicted octanol–water partition coefficient (Wildman–Crippen LogP) is 4.28. The molecule has 138 valence electrons. The fourth-order valence-electron chi connectivity index (χ4n) is 2.76. The summed E-state index contributed by atoms with van der Waals surface area (Å²) >= 11 is 6.08. The second kappa shape index (κ2) is 8.18. The van der Waals surface area contributed by atoms with Gasteiger partial charge in [0.25, 0.3) is 5.91 Å². The molecule has 0 aliphatic rings. The lowest BCUT2D eigenvalue weighted by molar-refractivity contribution is -0.118. The topological polar surface area (TPSA) is 71.1 Å². The molecule has 3 rings (SSSR count). The van der Waals surface area contributed by atoms with E-state index in [0.717, 1.165) is 10.9 Å². The first-order valence-electron chi connectivity index (χ1n) is 8.67. The van der Waals surface area contributed by atoms with E-state index in [1.165, 1.54) is 0 Å². The lowest BCUT2D eigenvalue weighted by atomic mass is 10.0. The van der Waals surface area contributed by atoms with E-state index < -0.39 is 6.04 Å². The Bertz CT molecular complexity index is 988. The predicted molar refractivity (Wildman–Crippen MR) is 108 cm³/mol. The van der Waals surface area contributed by atoms with Crippen molar-refractivity contribution in [1.29, 1.82) is 0 Å². The van der Waals surface area contributed by atoms with Crippen LogP contribution in [0.2, 0.25) is 5.02 Å². The number of pyridine rings is 1. The van der Waals surface area contributed by atoms with Gasteiger partial charge in [-0.1, -0.05) is 55.8 Å². The Balaban J connectivity index is 1.76. The molecule has 0 saturated heterocycles. The monoisotopic (exact) mass is 381 g/mol. The lowest BCUT2D eigenvalue weighted by Crippen LogP contribution is -2.47. The van der Waals surface area contributed by atoms with Gasteiger partial charge in [0, 0.05) is 5.39 Å². The van der Waals surface area contributed by atoms with E-state index in [0.29, 0.717) is 16.3 Å². The molecule has 2 N–H and O–H groups in total. The summed E-state index contributed by atoms with van der Waals surface area (Å²) in [6.07, 6.45) is 1.60. The van der Waals surface area contributed by atoms with E-state index in [1.807, 2.05) is 44.2 Å². The largest absolute Gasteiger partial charge is 0.340 e. The summed E-state index contributed by atoms with van der Waals surface area (Å²) in [5.41, 5.74) is 1.77. The van der Waals surface area contributed by atoms with Gasteiger partial charge in [0.05, 0.1) is 28.0 Å². The van der Waals surface area contributed by atoms with Gasteiger partial charge in [0.1, 0.15) is 6.04 Å². The van der Waals surface area contributed by atoms with Gasteiger partial charge in [-0.05, 0) is 30.2 Å². The Hall–Kier alpha value is -2.92. The van der Waals surface area contributed by atoms with Gasteiger partial charge in [-0.15, -0.1) is 0 Å². The van der Waals surface area contributed by atoms with Crippen molar-refractivity contribution < 1.29 is 9.59 Å². The van der Waals surface area contributed by atoms with E-state index >= 15 is 0 Å². The number of carbonyl (C=O) groups is 2. The standard InChI is InChI=1S/C21H20ClN3O2/c1-13(2)19(25-20(26)16-8-4-5-9-17(16)22)21(27)24-15-11-14-7-3-6-10-18(14)23-12-15/h3-13,19H,1-2H3,(H,24,27)(H,25,26)/t19-/m1/s1. The summed E-state index contributed by atoms with van der Waals surface area (Å²) < 4.78 is 0. The molecule has 2 amide bonds. The Morgan fingerprint density at radius 3 is 2.48 bits per heavy atom. The van der Waals surface area contributed by atoms with Crippen LogP contribution in [0.25, 0.3) is 10.9 Å². The van der Waals surface area contributed by atoms with Gasteiger partial charge >= 0.3 is 0 Å². The smallest absolute Gasteiger partial charge is 0.253 e. The minimum atomic E-state index is -0.708. The third-order valence-electron chi connectivity index (χ3n) is 4.21. The number of fused-ring (bicyclic) bond motifs is 1. The van der Waals surface area contributed by atoms with Crippen molar-refractivity contribution in [3.05, 3.63) is 71.4 Å². The molecule has 5 nitrogen and oxygen atoms in total. The summed E-state index contributed by atoms with van der Waals surface area (Å²) in [5, 5.41) is 6.88. The fraction of sp³-hybridized carbons (Fsp3) is 0.190. The maximum atomic E-state index is 12.8. The average molecular weight is 382 g/mol. The van der Waals surface area contributed by atoms with Crippen LogP contribution in [0.15, 0.2) is 60.8 Å². The highest BCUT2D eigenvalue weighted by molar-refractivity contribution is 6.33. The molecule has 0 spiro atoms. The molecule has 0 aliphatic carbocycles. The third-order valence-corrected chi connectivity index (χ3v) is 4.54. The highest BCUT2D eigenvalue weighted by Gasteiger charge is 2.25. The molecule has 0 bridgehead atoms. The average Bonchev–Trinajstić information content (AvgIpc) is 2.65. The number of amides is 2. The van der Waals surface area contributed by atoms with Crippen LogP contribution >= 0.6 is 11.6 Å². The van der Waals surface area contributed by atoms with Crippen molar-refractivity contribution in [1.82, 2.24) is 10.3 Å². The van der Waals surface area contributed by atoms with Crippen LogP contribution < -0.4 is 10.6 Å². The van der Waals surface area contributed by atoms with Crippen molar-refractivity contribution in [2.24, 2.45) is 5.92 Å². The van der Waals surface area contributed by atoms with Crippen molar-refractivity contribution in [3.8, 4) is 0 Å². The first-order valence-corrected chi connectivity index (χ1v) is 9.04. The second-order valence-corrected chi connectivity index (χ2v) is 6.99. The molecule has 2 aromatic carbocycles. The molecular weight excluding hydrogens is 362 g/mol. The number of hydrogen-bond donors (Lipinski definition) is 2. The summed E-state index contributed by atoms with van der Waals surface area (Å²) in [7, 11) is 0. The maximum Gasteiger partial charge on any atom is 0.253 e. The molecule has 0 aliphatic heterocycles. The minimum Gasteiger partial charge on any atom is -0.340 e. The lowest BCUT2D eigenvalue weighted by Gasteiger charge is -2.22. The SMILES string of the molecule is CC(C)[C@@H](NC(=O)c1ccccc1Cl)C(=O)Nc1cnc2ccccc2c1. The highest BCUT2D eigenvalue weighted by atomic mass is 35.5. The van der Waals surface area contributed by atoms with Gasteiger partial charge < -0.3 is 10.6 Å². The molecule has 0 saturated carbocycles. The summed E-state index contributed by atoms with van der Waals surface area (Å²) in [4.78, 5) is 29.6. The normalized spacial score (nSPS) is 12.0. The Morgan fingerprint density at radius 1 is 1.04 bits per heavy atom. The van der Waals surface area contributed by atoms with E-state index in [1.54, 1.807) is 30.5 Å². The number of nitrogens with one attached hydrogen (secondary N) is 2. The van der Waals surface area contributed by atoms with Gasteiger partial charge in [-0.25, -0.2) is 0 Å². The number of rotatable bonds is 5. The fourth-order valence-corrected chi connectivity index (χ4v) is 2.98. The van der Waals surface area contributed by atoms with Crippen LogP contribution in [0.1, 0.15) is 24.2 Å². The van der Waals surface area contributed by atoms with Crippen LogP contribution in [-0.2, 0) is 4.79 Å². The first kappa shape index (κ1) is 18.9. The third kappa shape index (κ3) is 4.44. The molecule has 1 atom stereocenters. The Kier molecular flexibility index (Phi) is 5.72. The molecule has 0 fully saturated rings. The quantitative estimate of drug-likeness (QED) is 0.692. The zero-order chi connectivity index (χ0) is 19.4. The molecule has 27 heavy (non-hydrogen) atoms. The van der Waals surface area contributed by atoms with Gasteiger partial charge in [0.15, 0.2) is 0 Å². The van der Waals surface area contributed by atoms with Crippen molar-refractivity contribution >= 4 is 40.0 Å². The molecule has 6 heteroatoms. The van der Waals surface area contributed by atoms with Crippen molar-refractivity contribution in [2.45, 2.75) is 19.9 Å². The number of aromatic nitrogens is 1. The zero-order valence-electron chi connectivity index (χ0n) is 15.1. The molecule has 1 heterocycles. The summed E-state index contributed by atoms with van der Waals surface area (Å²) in [6, 6.07) is 15.5. The van der Waals surface area contributed by atoms with Crippen LogP contribution in [0.3, 0.4) is 0 Å². The number of benzene rings is 2. The van der Waals surface area contributed by atoms with Crippen molar-refractivity contribution in [2.75, 3.05) is 5.32 Å². The number of anilines is 1.